The van der Waals surface area contributed by atoms with Crippen LogP contribution in [0.3, 0.4) is 0 Å². The van der Waals surface area contributed by atoms with Crippen LogP contribution in [0.15, 0.2) is 18.2 Å². The van der Waals surface area contributed by atoms with Gasteiger partial charge in [0.1, 0.15) is 5.75 Å². The largest absolute Gasteiger partial charge is 0.496 e. The minimum absolute atomic E-state index is 0.179. The highest BCUT2D eigenvalue weighted by molar-refractivity contribution is 6.31. The predicted octanol–water partition coefficient (Wildman–Crippen LogP) is 1.82. The van der Waals surface area contributed by atoms with Gasteiger partial charge in [-0.25, -0.2) is 0 Å². The van der Waals surface area contributed by atoms with Crippen LogP contribution in [0, 0.1) is 0 Å². The molecule has 0 aliphatic heterocycles. The SMILES string of the molecule is COc1ccc(Cl)cc1C(=O)NCCCCN. The van der Waals surface area contributed by atoms with E-state index in [0.717, 1.165) is 12.8 Å². The number of carbonyl (C=O) groups is 1. The lowest BCUT2D eigenvalue weighted by molar-refractivity contribution is 0.0950. The topological polar surface area (TPSA) is 64.3 Å². The number of rotatable bonds is 6. The molecular weight excluding hydrogens is 240 g/mol. The molecular formula is C12H17ClN2O2. The lowest BCUT2D eigenvalue weighted by Gasteiger charge is -2.09. The maximum Gasteiger partial charge on any atom is 0.255 e. The Bertz CT molecular complexity index is 383. The van der Waals surface area contributed by atoms with Crippen molar-refractivity contribution in [3.63, 3.8) is 0 Å². The summed E-state index contributed by atoms with van der Waals surface area (Å²) in [5, 5.41) is 3.31. The Morgan fingerprint density at radius 3 is 2.88 bits per heavy atom. The molecule has 1 amide bonds. The zero-order valence-electron chi connectivity index (χ0n) is 9.83. The van der Waals surface area contributed by atoms with Crippen LogP contribution in [0.25, 0.3) is 0 Å². The van der Waals surface area contributed by atoms with Gasteiger partial charge in [0.05, 0.1) is 12.7 Å². The van der Waals surface area contributed by atoms with Crippen LogP contribution in [-0.4, -0.2) is 26.1 Å². The summed E-state index contributed by atoms with van der Waals surface area (Å²) in [5.41, 5.74) is 5.82. The standard InChI is InChI=1S/C12H17ClN2O2/c1-17-11-5-4-9(13)8-10(11)12(16)15-7-3-2-6-14/h4-5,8H,2-3,6-7,14H2,1H3,(H,15,16). The van der Waals surface area contributed by atoms with E-state index in [-0.39, 0.29) is 5.91 Å². The molecule has 1 aromatic carbocycles. The number of hydrogen-bond acceptors (Lipinski definition) is 3. The van der Waals surface area contributed by atoms with E-state index in [1.165, 1.54) is 7.11 Å². The number of nitrogens with one attached hydrogen (secondary N) is 1. The van der Waals surface area contributed by atoms with Crippen molar-refractivity contribution in [1.82, 2.24) is 5.32 Å². The lowest BCUT2D eigenvalue weighted by atomic mass is 10.2. The van der Waals surface area contributed by atoms with Crippen molar-refractivity contribution in [2.75, 3.05) is 20.2 Å². The molecule has 5 heteroatoms. The van der Waals surface area contributed by atoms with Crippen molar-refractivity contribution in [3.05, 3.63) is 28.8 Å². The number of methoxy groups -OCH3 is 1. The van der Waals surface area contributed by atoms with Crippen LogP contribution in [0.4, 0.5) is 0 Å². The molecule has 0 unspecified atom stereocenters. The molecule has 0 heterocycles. The van der Waals surface area contributed by atoms with E-state index in [2.05, 4.69) is 5.32 Å². The zero-order chi connectivity index (χ0) is 12.7. The Morgan fingerprint density at radius 1 is 1.47 bits per heavy atom. The van der Waals surface area contributed by atoms with Crippen molar-refractivity contribution in [1.29, 1.82) is 0 Å². The smallest absolute Gasteiger partial charge is 0.255 e. The second-order valence-electron chi connectivity index (χ2n) is 3.60. The predicted molar refractivity (Wildman–Crippen MR) is 68.6 cm³/mol. The molecule has 0 aromatic heterocycles. The van der Waals surface area contributed by atoms with E-state index >= 15 is 0 Å². The molecule has 1 rings (SSSR count). The fourth-order valence-corrected chi connectivity index (χ4v) is 1.60. The van der Waals surface area contributed by atoms with Gasteiger partial charge in [0.15, 0.2) is 0 Å². The summed E-state index contributed by atoms with van der Waals surface area (Å²) in [6.45, 7) is 1.24. The van der Waals surface area contributed by atoms with E-state index < -0.39 is 0 Å². The zero-order valence-corrected chi connectivity index (χ0v) is 10.6. The molecule has 94 valence electrons. The Kier molecular flexibility index (Phi) is 5.80. The molecule has 0 saturated carbocycles. The van der Waals surface area contributed by atoms with Crippen molar-refractivity contribution >= 4 is 17.5 Å². The average Bonchev–Trinajstić information content (AvgIpc) is 2.34. The van der Waals surface area contributed by atoms with Crippen LogP contribution in [0.5, 0.6) is 5.75 Å². The van der Waals surface area contributed by atoms with Gasteiger partial charge in [-0.3, -0.25) is 4.79 Å². The molecule has 17 heavy (non-hydrogen) atoms. The van der Waals surface area contributed by atoms with Crippen LogP contribution >= 0.6 is 11.6 Å². The summed E-state index contributed by atoms with van der Waals surface area (Å²) in [6.07, 6.45) is 1.76. The fourth-order valence-electron chi connectivity index (χ4n) is 1.42. The maximum atomic E-state index is 11.9. The summed E-state index contributed by atoms with van der Waals surface area (Å²) < 4.78 is 5.11. The van der Waals surface area contributed by atoms with Crippen molar-refractivity contribution in [2.24, 2.45) is 5.73 Å². The van der Waals surface area contributed by atoms with E-state index in [9.17, 15) is 4.79 Å². The van der Waals surface area contributed by atoms with Gasteiger partial charge in [-0.15, -0.1) is 0 Å². The molecule has 0 aliphatic carbocycles. The first-order valence-corrected chi connectivity index (χ1v) is 5.88. The van der Waals surface area contributed by atoms with Crippen LogP contribution < -0.4 is 15.8 Å². The first-order valence-electron chi connectivity index (χ1n) is 5.51. The van der Waals surface area contributed by atoms with Crippen LogP contribution in [0.1, 0.15) is 23.2 Å². The molecule has 3 N–H and O–H groups in total. The van der Waals surface area contributed by atoms with Gasteiger partial charge in [-0.05, 0) is 37.6 Å². The molecule has 0 aliphatic rings. The number of nitrogens with two attached hydrogens (primary N) is 1. The quantitative estimate of drug-likeness (QED) is 0.763. The third kappa shape index (κ3) is 4.24. The van der Waals surface area contributed by atoms with Gasteiger partial charge >= 0.3 is 0 Å². The fraction of sp³-hybridized carbons (Fsp3) is 0.417. The summed E-state index contributed by atoms with van der Waals surface area (Å²) >= 11 is 5.85. The number of benzene rings is 1. The van der Waals surface area contributed by atoms with Crippen molar-refractivity contribution in [3.8, 4) is 5.75 Å². The van der Waals surface area contributed by atoms with Crippen molar-refractivity contribution < 1.29 is 9.53 Å². The van der Waals surface area contributed by atoms with Crippen molar-refractivity contribution in [2.45, 2.75) is 12.8 Å². The van der Waals surface area contributed by atoms with Gasteiger partial charge in [-0.1, -0.05) is 11.6 Å². The van der Waals surface area contributed by atoms with Crippen LogP contribution in [0.2, 0.25) is 5.02 Å². The van der Waals surface area contributed by atoms with E-state index in [1.54, 1.807) is 18.2 Å². The number of carbonyl (C=O) groups excluding carboxylic acids is 1. The van der Waals surface area contributed by atoms with Crippen LogP contribution in [-0.2, 0) is 0 Å². The second kappa shape index (κ2) is 7.14. The molecule has 0 saturated heterocycles. The summed E-state index contributed by atoms with van der Waals surface area (Å²) in [5.74, 6) is 0.340. The molecule has 0 fully saturated rings. The minimum Gasteiger partial charge on any atom is -0.496 e. The molecule has 0 radical (unpaired) electrons. The van der Waals surface area contributed by atoms with Gasteiger partial charge in [0, 0.05) is 11.6 Å². The molecule has 0 spiro atoms. The lowest BCUT2D eigenvalue weighted by Crippen LogP contribution is -2.25. The van der Waals surface area contributed by atoms with E-state index in [4.69, 9.17) is 22.1 Å². The van der Waals surface area contributed by atoms with E-state index in [1.807, 2.05) is 0 Å². The van der Waals surface area contributed by atoms with Gasteiger partial charge in [0.25, 0.3) is 5.91 Å². The summed E-state index contributed by atoms with van der Waals surface area (Å²) in [4.78, 5) is 11.9. The normalized spacial score (nSPS) is 10.1. The Morgan fingerprint density at radius 2 is 2.24 bits per heavy atom. The van der Waals surface area contributed by atoms with Gasteiger partial charge < -0.3 is 15.8 Å². The van der Waals surface area contributed by atoms with E-state index in [0.29, 0.717) is 29.4 Å². The summed E-state index contributed by atoms with van der Waals surface area (Å²) in [6, 6.07) is 4.96. The first-order chi connectivity index (χ1) is 8.19. The molecule has 0 atom stereocenters. The second-order valence-corrected chi connectivity index (χ2v) is 4.03. The van der Waals surface area contributed by atoms with Gasteiger partial charge in [-0.2, -0.15) is 0 Å². The third-order valence-corrected chi connectivity index (χ3v) is 2.56. The third-order valence-electron chi connectivity index (χ3n) is 2.32. The molecule has 4 nitrogen and oxygen atoms in total. The highest BCUT2D eigenvalue weighted by Gasteiger charge is 2.11. The summed E-state index contributed by atoms with van der Waals surface area (Å²) in [7, 11) is 1.52. The number of ether oxygens (including phenoxy) is 1. The number of halogens is 1. The number of amides is 1. The van der Waals surface area contributed by atoms with Gasteiger partial charge in [0.2, 0.25) is 0 Å². The Balaban J connectivity index is 2.64. The maximum absolute atomic E-state index is 11.9. The first kappa shape index (κ1) is 13.8. The monoisotopic (exact) mass is 256 g/mol. The molecule has 1 aromatic rings. The number of unbranched alkanes of at least 4 members (excludes halogenated alkanes) is 1. The number of hydrogen-bond donors (Lipinski definition) is 2. The minimum atomic E-state index is -0.179. The Labute approximate surface area is 106 Å². The highest BCUT2D eigenvalue weighted by Crippen LogP contribution is 2.22. The highest BCUT2D eigenvalue weighted by atomic mass is 35.5. The Hall–Kier alpha value is -1.26. The molecule has 0 bridgehead atoms. The average molecular weight is 257 g/mol.